The number of piperidine rings is 1. The molecule has 2 aliphatic rings. The summed E-state index contributed by atoms with van der Waals surface area (Å²) < 4.78 is 31.1. The highest BCUT2D eigenvalue weighted by Gasteiger charge is 2.36. The van der Waals surface area contributed by atoms with E-state index in [0.29, 0.717) is 36.4 Å². The second kappa shape index (κ2) is 7.37. The van der Waals surface area contributed by atoms with Crippen LogP contribution in [0, 0.1) is 5.92 Å². The molecule has 0 aromatic heterocycles. The van der Waals surface area contributed by atoms with Crippen LogP contribution in [0.5, 0.6) is 11.5 Å². The lowest BCUT2D eigenvalue weighted by atomic mass is 9.87. The van der Waals surface area contributed by atoms with Crippen LogP contribution in [-0.4, -0.2) is 55.4 Å². The maximum absolute atomic E-state index is 14.8. The third-order valence-electron chi connectivity index (χ3n) is 4.88. The van der Waals surface area contributed by atoms with Gasteiger partial charge in [-0.15, -0.1) is 0 Å². The van der Waals surface area contributed by atoms with E-state index in [-0.39, 0.29) is 24.9 Å². The van der Waals surface area contributed by atoms with Crippen molar-refractivity contribution in [2.24, 2.45) is 5.92 Å². The molecular formula is C20H26FNO5. The number of amides is 1. The molecule has 148 valence electrons. The van der Waals surface area contributed by atoms with Crippen LogP contribution < -0.4 is 9.47 Å². The zero-order chi connectivity index (χ0) is 19.8. The summed E-state index contributed by atoms with van der Waals surface area (Å²) in [4.78, 5) is 25.5. The number of fused-ring (bicyclic) bond motifs is 1. The molecule has 0 aliphatic carbocycles. The average Bonchev–Trinajstić information content (AvgIpc) is 2.97. The number of hydrogen-bond acceptors (Lipinski definition) is 5. The number of nitrogens with zero attached hydrogens (tertiary/aromatic N) is 1. The molecule has 2 heterocycles. The number of alkyl halides is 1. The lowest BCUT2D eigenvalue weighted by Crippen LogP contribution is -2.47. The molecule has 6 nitrogen and oxygen atoms in total. The van der Waals surface area contributed by atoms with Gasteiger partial charge in [0.05, 0.1) is 19.2 Å². The molecule has 1 aromatic rings. The number of ether oxygens (including phenoxy) is 3. The molecule has 3 rings (SSSR count). The summed E-state index contributed by atoms with van der Waals surface area (Å²) in [5, 5.41) is 0. The van der Waals surface area contributed by atoms with Crippen molar-refractivity contribution in [2.75, 3.05) is 26.8 Å². The van der Waals surface area contributed by atoms with Gasteiger partial charge >= 0.3 is 6.09 Å². The molecule has 1 saturated heterocycles. The Morgan fingerprint density at radius 3 is 2.74 bits per heavy atom. The van der Waals surface area contributed by atoms with Crippen LogP contribution in [0.4, 0.5) is 9.18 Å². The molecule has 1 amide bonds. The van der Waals surface area contributed by atoms with Crippen LogP contribution in [0.2, 0.25) is 0 Å². The van der Waals surface area contributed by atoms with Crippen molar-refractivity contribution in [3.05, 3.63) is 23.3 Å². The fourth-order valence-corrected chi connectivity index (χ4v) is 3.53. The second-order valence-corrected chi connectivity index (χ2v) is 8.03. The van der Waals surface area contributed by atoms with E-state index in [4.69, 9.17) is 14.2 Å². The summed E-state index contributed by atoms with van der Waals surface area (Å²) in [6.45, 7) is 5.79. The third kappa shape index (κ3) is 4.17. The van der Waals surface area contributed by atoms with E-state index in [2.05, 4.69) is 0 Å². The van der Waals surface area contributed by atoms with Gasteiger partial charge in [-0.1, -0.05) is 0 Å². The zero-order valence-corrected chi connectivity index (χ0v) is 16.2. The topological polar surface area (TPSA) is 65.1 Å². The van der Waals surface area contributed by atoms with Crippen molar-refractivity contribution in [2.45, 2.75) is 45.4 Å². The minimum absolute atomic E-state index is 0.00327. The van der Waals surface area contributed by atoms with Gasteiger partial charge in [0.1, 0.15) is 23.3 Å². The van der Waals surface area contributed by atoms with E-state index in [1.807, 2.05) is 0 Å². The first kappa shape index (κ1) is 19.5. The molecule has 1 aromatic carbocycles. The standard InChI is InChI=1S/C20H26FNO5/c1-20(2,3)27-19(24)22-8-7-12(15(21)10-22)9-14-17(25-4)6-5-13-16(23)11-26-18(13)14/h5-6,12,15H,7-11H2,1-4H3. The summed E-state index contributed by atoms with van der Waals surface area (Å²) in [6.07, 6.45) is -0.788. The molecule has 1 fully saturated rings. The van der Waals surface area contributed by atoms with E-state index in [1.54, 1.807) is 40.0 Å². The normalized spacial score (nSPS) is 22.3. The maximum atomic E-state index is 14.8. The first-order valence-electron chi connectivity index (χ1n) is 9.17. The molecule has 2 aliphatic heterocycles. The lowest BCUT2D eigenvalue weighted by molar-refractivity contribution is 0.00541. The van der Waals surface area contributed by atoms with Gasteiger partial charge in [-0.2, -0.15) is 0 Å². The molecule has 27 heavy (non-hydrogen) atoms. The zero-order valence-electron chi connectivity index (χ0n) is 16.2. The number of carbonyl (C=O) groups excluding carboxylic acids is 2. The minimum atomic E-state index is -1.19. The molecule has 2 unspecified atom stereocenters. The first-order chi connectivity index (χ1) is 12.7. The lowest BCUT2D eigenvalue weighted by Gasteiger charge is -2.36. The Morgan fingerprint density at radius 2 is 2.11 bits per heavy atom. The number of halogens is 1. The Morgan fingerprint density at radius 1 is 1.37 bits per heavy atom. The van der Waals surface area contributed by atoms with Crippen LogP contribution in [-0.2, 0) is 11.2 Å². The van der Waals surface area contributed by atoms with Gasteiger partial charge in [0, 0.05) is 12.1 Å². The summed E-state index contributed by atoms with van der Waals surface area (Å²) >= 11 is 0. The van der Waals surface area contributed by atoms with Crippen molar-refractivity contribution in [1.82, 2.24) is 4.90 Å². The predicted molar refractivity (Wildman–Crippen MR) is 97.3 cm³/mol. The van der Waals surface area contributed by atoms with E-state index in [9.17, 15) is 14.0 Å². The number of ketones is 1. The quantitative estimate of drug-likeness (QED) is 0.805. The number of rotatable bonds is 3. The van der Waals surface area contributed by atoms with Gasteiger partial charge < -0.3 is 19.1 Å². The Labute approximate surface area is 158 Å². The van der Waals surface area contributed by atoms with Crippen molar-refractivity contribution < 1.29 is 28.2 Å². The SMILES string of the molecule is COc1ccc2c(c1CC1CCN(C(=O)OC(C)(C)C)CC1F)OCC2=O. The summed E-state index contributed by atoms with van der Waals surface area (Å²) in [6, 6.07) is 3.41. The van der Waals surface area contributed by atoms with E-state index in [0.717, 1.165) is 5.56 Å². The number of hydrogen-bond donors (Lipinski definition) is 0. The highest BCUT2D eigenvalue weighted by atomic mass is 19.1. The first-order valence-corrected chi connectivity index (χ1v) is 9.17. The van der Waals surface area contributed by atoms with Crippen molar-refractivity contribution in [3.8, 4) is 11.5 Å². The van der Waals surface area contributed by atoms with Crippen LogP contribution in [0.1, 0.15) is 43.1 Å². The molecule has 0 N–H and O–H groups in total. The van der Waals surface area contributed by atoms with Gasteiger partial charge in [0.2, 0.25) is 5.78 Å². The smallest absolute Gasteiger partial charge is 0.410 e. The van der Waals surface area contributed by atoms with Crippen molar-refractivity contribution in [3.63, 3.8) is 0 Å². The molecular weight excluding hydrogens is 353 g/mol. The van der Waals surface area contributed by atoms with Crippen LogP contribution in [0.15, 0.2) is 12.1 Å². The van der Waals surface area contributed by atoms with Crippen LogP contribution >= 0.6 is 0 Å². The van der Waals surface area contributed by atoms with Crippen molar-refractivity contribution in [1.29, 1.82) is 0 Å². The maximum Gasteiger partial charge on any atom is 0.410 e. The number of methoxy groups -OCH3 is 1. The molecule has 7 heteroatoms. The fourth-order valence-electron chi connectivity index (χ4n) is 3.53. The highest BCUT2D eigenvalue weighted by molar-refractivity contribution is 6.03. The predicted octanol–water partition coefficient (Wildman–Crippen LogP) is 3.41. The molecule has 0 radical (unpaired) electrons. The summed E-state index contributed by atoms with van der Waals surface area (Å²) in [5.74, 6) is 0.722. The minimum Gasteiger partial charge on any atom is -0.496 e. The Bertz CT molecular complexity index is 743. The van der Waals surface area contributed by atoms with Gasteiger partial charge in [0.15, 0.2) is 6.61 Å². The van der Waals surface area contributed by atoms with E-state index in [1.165, 1.54) is 4.90 Å². The van der Waals surface area contributed by atoms with Gasteiger partial charge in [0.25, 0.3) is 0 Å². The van der Waals surface area contributed by atoms with Crippen LogP contribution in [0.3, 0.4) is 0 Å². The Kier molecular flexibility index (Phi) is 5.31. The summed E-state index contributed by atoms with van der Waals surface area (Å²) in [7, 11) is 1.54. The van der Waals surface area contributed by atoms with Crippen LogP contribution in [0.25, 0.3) is 0 Å². The van der Waals surface area contributed by atoms with Gasteiger partial charge in [-0.25, -0.2) is 9.18 Å². The van der Waals surface area contributed by atoms with Crippen molar-refractivity contribution >= 4 is 11.9 Å². The fraction of sp³-hybridized carbons (Fsp3) is 0.600. The van der Waals surface area contributed by atoms with Gasteiger partial charge in [-0.05, 0) is 51.7 Å². The monoisotopic (exact) mass is 379 g/mol. The summed E-state index contributed by atoms with van der Waals surface area (Å²) in [5.41, 5.74) is 0.633. The number of benzene rings is 1. The highest BCUT2D eigenvalue weighted by Crippen LogP contribution is 2.39. The molecule has 0 spiro atoms. The largest absolute Gasteiger partial charge is 0.496 e. The molecule has 2 atom stereocenters. The number of carbonyl (C=O) groups is 2. The van der Waals surface area contributed by atoms with E-state index >= 15 is 0 Å². The van der Waals surface area contributed by atoms with Gasteiger partial charge in [-0.3, -0.25) is 4.79 Å². The number of likely N-dealkylation sites (tertiary alicyclic amines) is 1. The Balaban J connectivity index is 1.72. The van der Waals surface area contributed by atoms with E-state index < -0.39 is 17.9 Å². The average molecular weight is 379 g/mol. The number of Topliss-reactive ketones (excluding diaryl/α,β-unsaturated/α-hetero) is 1. The Hall–Kier alpha value is -2.31. The second-order valence-electron chi connectivity index (χ2n) is 8.03. The third-order valence-corrected chi connectivity index (χ3v) is 4.88. The molecule has 0 saturated carbocycles. The molecule has 0 bridgehead atoms.